The van der Waals surface area contributed by atoms with Gasteiger partial charge in [-0.2, -0.15) is 0 Å². The van der Waals surface area contributed by atoms with Crippen LogP contribution in [-0.2, 0) is 0 Å². The fraction of sp³-hybridized carbons (Fsp3) is 0.385. The Morgan fingerprint density at radius 1 is 1.38 bits per heavy atom. The molecule has 0 aliphatic rings. The van der Waals surface area contributed by atoms with E-state index in [1.807, 2.05) is 6.07 Å². The van der Waals surface area contributed by atoms with E-state index < -0.39 is 6.10 Å². The van der Waals surface area contributed by atoms with Gasteiger partial charge in [0, 0.05) is 0 Å². The van der Waals surface area contributed by atoms with Gasteiger partial charge in [0.15, 0.2) is 11.5 Å². The minimum absolute atomic E-state index is 0.334. The molecule has 0 heterocycles. The summed E-state index contributed by atoms with van der Waals surface area (Å²) in [5.74, 6) is 6.80. The second-order valence-electron chi connectivity index (χ2n) is 3.30. The van der Waals surface area contributed by atoms with E-state index in [0.717, 1.165) is 5.56 Å². The van der Waals surface area contributed by atoms with Crippen molar-refractivity contribution in [2.75, 3.05) is 13.7 Å². The lowest BCUT2D eigenvalue weighted by atomic mass is 10.1. The number of aliphatic hydroxyl groups excluding tert-OH is 1. The highest BCUT2D eigenvalue weighted by Crippen LogP contribution is 2.30. The molecule has 1 aromatic rings. The first-order chi connectivity index (χ1) is 7.69. The van der Waals surface area contributed by atoms with Crippen LogP contribution in [0.2, 0.25) is 0 Å². The molecule has 0 radical (unpaired) electrons. The summed E-state index contributed by atoms with van der Waals surface area (Å²) in [5.41, 5.74) is 0.797. The fourth-order valence-electron chi connectivity index (χ4n) is 1.25. The lowest BCUT2D eigenvalue weighted by Gasteiger charge is -2.11. The molecule has 16 heavy (non-hydrogen) atoms. The molecule has 0 bridgehead atoms. The van der Waals surface area contributed by atoms with Gasteiger partial charge in [-0.25, -0.2) is 0 Å². The summed E-state index contributed by atoms with van der Waals surface area (Å²) in [4.78, 5) is 0. The summed E-state index contributed by atoms with van der Waals surface area (Å²) in [7, 11) is 1.57. The molecule has 86 valence electrons. The van der Waals surface area contributed by atoms with Crippen LogP contribution in [0.3, 0.4) is 0 Å². The van der Waals surface area contributed by atoms with Gasteiger partial charge in [0.25, 0.3) is 0 Å². The van der Waals surface area contributed by atoms with Crippen molar-refractivity contribution < 1.29 is 14.6 Å². The van der Waals surface area contributed by atoms with E-state index in [0.29, 0.717) is 18.1 Å². The number of hydrogen-bond donors (Lipinski definition) is 1. The van der Waals surface area contributed by atoms with Crippen LogP contribution in [-0.4, -0.2) is 18.8 Å². The van der Waals surface area contributed by atoms with Crippen molar-refractivity contribution in [3.8, 4) is 23.3 Å². The Morgan fingerprint density at radius 3 is 2.69 bits per heavy atom. The Labute approximate surface area is 96.0 Å². The summed E-state index contributed by atoms with van der Waals surface area (Å²) in [6.07, 6.45) is -0.515. The summed E-state index contributed by atoms with van der Waals surface area (Å²) in [5, 5.41) is 9.43. The van der Waals surface area contributed by atoms with Gasteiger partial charge in [-0.1, -0.05) is 12.0 Å². The molecule has 1 rings (SSSR count). The lowest BCUT2D eigenvalue weighted by molar-refractivity contribution is 0.198. The predicted octanol–water partition coefficient (Wildman–Crippen LogP) is 2.15. The Bertz CT molecular complexity index is 399. The van der Waals surface area contributed by atoms with Crippen molar-refractivity contribution in [1.82, 2.24) is 0 Å². The molecular weight excluding hydrogens is 204 g/mol. The van der Waals surface area contributed by atoms with E-state index in [1.54, 1.807) is 33.1 Å². The summed E-state index contributed by atoms with van der Waals surface area (Å²) in [6.45, 7) is 3.80. The van der Waals surface area contributed by atoms with Gasteiger partial charge in [0.2, 0.25) is 0 Å². The first-order valence-corrected chi connectivity index (χ1v) is 5.07. The van der Waals surface area contributed by atoms with Crippen LogP contribution in [0.4, 0.5) is 0 Å². The number of hydrogen-bond acceptors (Lipinski definition) is 3. The van der Waals surface area contributed by atoms with E-state index in [9.17, 15) is 5.11 Å². The average molecular weight is 220 g/mol. The van der Waals surface area contributed by atoms with Crippen LogP contribution in [0.5, 0.6) is 11.5 Å². The van der Waals surface area contributed by atoms with Crippen molar-refractivity contribution in [1.29, 1.82) is 0 Å². The average Bonchev–Trinajstić information content (AvgIpc) is 2.29. The van der Waals surface area contributed by atoms with Crippen molar-refractivity contribution >= 4 is 0 Å². The van der Waals surface area contributed by atoms with Crippen LogP contribution in [0, 0.1) is 11.8 Å². The van der Waals surface area contributed by atoms with Crippen LogP contribution in [0.1, 0.15) is 25.5 Å². The van der Waals surface area contributed by atoms with E-state index in [-0.39, 0.29) is 0 Å². The monoisotopic (exact) mass is 220 g/mol. The summed E-state index contributed by atoms with van der Waals surface area (Å²) >= 11 is 0. The maximum atomic E-state index is 9.43. The van der Waals surface area contributed by atoms with E-state index in [2.05, 4.69) is 11.8 Å². The quantitative estimate of drug-likeness (QED) is 0.790. The topological polar surface area (TPSA) is 38.7 Å². The summed E-state index contributed by atoms with van der Waals surface area (Å²) < 4.78 is 10.6. The van der Waals surface area contributed by atoms with Gasteiger partial charge < -0.3 is 14.6 Å². The zero-order chi connectivity index (χ0) is 12.0. The van der Waals surface area contributed by atoms with E-state index in [4.69, 9.17) is 9.47 Å². The summed E-state index contributed by atoms with van der Waals surface area (Å²) in [6, 6.07) is 5.35. The molecule has 3 nitrogen and oxygen atoms in total. The van der Waals surface area contributed by atoms with Gasteiger partial charge >= 0.3 is 0 Å². The molecule has 1 atom stereocenters. The number of rotatable bonds is 4. The Morgan fingerprint density at radius 2 is 2.12 bits per heavy atom. The molecule has 1 unspecified atom stereocenters. The Balaban J connectivity index is 2.87. The van der Waals surface area contributed by atoms with Gasteiger partial charge in [-0.15, -0.1) is 5.92 Å². The third-order valence-electron chi connectivity index (χ3n) is 2.15. The van der Waals surface area contributed by atoms with Crippen LogP contribution >= 0.6 is 0 Å². The molecule has 0 spiro atoms. The van der Waals surface area contributed by atoms with Crippen molar-refractivity contribution in [2.45, 2.75) is 20.0 Å². The van der Waals surface area contributed by atoms with Gasteiger partial charge in [0.05, 0.1) is 13.2 Å². The SMILES string of the molecule is CC#CCOc1ccc(C(C)O)cc1OC. The first kappa shape index (κ1) is 12.4. The molecule has 1 N–H and O–H groups in total. The molecule has 0 aliphatic carbocycles. The van der Waals surface area contributed by atoms with Gasteiger partial charge in [-0.3, -0.25) is 0 Å². The minimum Gasteiger partial charge on any atom is -0.493 e. The third kappa shape index (κ3) is 3.18. The van der Waals surface area contributed by atoms with Crippen molar-refractivity contribution in [3.05, 3.63) is 23.8 Å². The zero-order valence-electron chi connectivity index (χ0n) is 9.78. The molecule has 0 aliphatic heterocycles. The molecule has 0 aromatic heterocycles. The Kier molecular flexibility index (Phi) is 4.68. The zero-order valence-corrected chi connectivity index (χ0v) is 9.78. The molecule has 0 saturated heterocycles. The molecule has 3 heteroatoms. The molecule has 0 amide bonds. The predicted molar refractivity (Wildman–Crippen MR) is 62.6 cm³/mol. The first-order valence-electron chi connectivity index (χ1n) is 5.07. The van der Waals surface area contributed by atoms with Crippen LogP contribution in [0.25, 0.3) is 0 Å². The highest BCUT2D eigenvalue weighted by atomic mass is 16.5. The normalized spacial score (nSPS) is 11.2. The number of ether oxygens (including phenoxy) is 2. The van der Waals surface area contributed by atoms with Gasteiger partial charge in [-0.05, 0) is 31.5 Å². The second kappa shape index (κ2) is 6.04. The highest BCUT2D eigenvalue weighted by molar-refractivity contribution is 5.43. The number of benzene rings is 1. The third-order valence-corrected chi connectivity index (χ3v) is 2.15. The number of methoxy groups -OCH3 is 1. The van der Waals surface area contributed by atoms with Crippen LogP contribution in [0.15, 0.2) is 18.2 Å². The molecule has 0 fully saturated rings. The van der Waals surface area contributed by atoms with Crippen molar-refractivity contribution in [3.63, 3.8) is 0 Å². The maximum absolute atomic E-state index is 9.43. The standard InChI is InChI=1S/C13H16O3/c1-4-5-8-16-12-7-6-11(10(2)14)9-13(12)15-3/h6-7,9-10,14H,8H2,1-3H3. The molecule has 0 saturated carbocycles. The number of aliphatic hydroxyl groups is 1. The maximum Gasteiger partial charge on any atom is 0.162 e. The van der Waals surface area contributed by atoms with E-state index >= 15 is 0 Å². The lowest BCUT2D eigenvalue weighted by Crippen LogP contribution is -1.99. The Hall–Kier alpha value is -1.66. The minimum atomic E-state index is -0.515. The molecule has 1 aromatic carbocycles. The highest BCUT2D eigenvalue weighted by Gasteiger charge is 2.08. The van der Waals surface area contributed by atoms with Gasteiger partial charge in [0.1, 0.15) is 6.61 Å². The fourth-order valence-corrected chi connectivity index (χ4v) is 1.25. The van der Waals surface area contributed by atoms with Crippen molar-refractivity contribution in [2.24, 2.45) is 0 Å². The molecular formula is C13H16O3. The van der Waals surface area contributed by atoms with E-state index in [1.165, 1.54) is 0 Å². The van der Waals surface area contributed by atoms with Crippen LogP contribution < -0.4 is 9.47 Å². The largest absolute Gasteiger partial charge is 0.493 e. The second-order valence-corrected chi connectivity index (χ2v) is 3.30. The smallest absolute Gasteiger partial charge is 0.162 e.